The number of carbonyl (C=O) groups is 1. The number of aromatic nitrogens is 2. The van der Waals surface area contributed by atoms with Gasteiger partial charge in [0.2, 0.25) is 0 Å². The average Bonchev–Trinajstić information content (AvgIpc) is 3.04. The minimum atomic E-state index is -0.531. The van der Waals surface area contributed by atoms with Gasteiger partial charge in [0, 0.05) is 22.8 Å². The molecule has 0 aliphatic carbocycles. The Morgan fingerprint density at radius 2 is 2.12 bits per heavy atom. The number of nitrogens with zero attached hydrogens (tertiary/aromatic N) is 3. The minimum Gasteiger partial charge on any atom is -0.495 e. The number of nitrogens with one attached hydrogen (secondary N) is 1. The second-order valence-electron chi connectivity index (χ2n) is 6.81. The molecule has 26 heavy (non-hydrogen) atoms. The normalized spacial score (nSPS) is 11.8. The maximum Gasteiger partial charge on any atom is 0.266 e. The van der Waals surface area contributed by atoms with Crippen LogP contribution in [-0.2, 0) is 10.3 Å². The van der Waals surface area contributed by atoms with E-state index in [0.717, 1.165) is 5.56 Å². The van der Waals surface area contributed by atoms with E-state index in [9.17, 15) is 10.1 Å². The molecule has 0 saturated carbocycles. The van der Waals surface area contributed by atoms with Crippen molar-refractivity contribution in [1.29, 1.82) is 5.26 Å². The van der Waals surface area contributed by atoms with Gasteiger partial charge in [0.15, 0.2) is 0 Å². The lowest BCUT2D eigenvalue weighted by Gasteiger charge is -2.18. The second kappa shape index (κ2) is 7.63. The molecular weight excluding hydrogens is 352 g/mol. The summed E-state index contributed by atoms with van der Waals surface area (Å²) in [6.45, 7) is 7.86. The average molecular weight is 373 g/mol. The number of nitriles is 1. The standard InChI is InChI=1S/C19H21ClN4O2/c1-12-6-16(17(26-5)8-15(12)20)23-18(25)14(9-21)7-13-10-22-24(11-13)19(2,3)4/h6-8,10-11H,1-5H3,(H,23,25)/b14-7+. The summed E-state index contributed by atoms with van der Waals surface area (Å²) in [4.78, 5) is 12.5. The summed E-state index contributed by atoms with van der Waals surface area (Å²) in [6, 6.07) is 5.25. The van der Waals surface area contributed by atoms with Crippen LogP contribution >= 0.6 is 11.6 Å². The molecule has 2 rings (SSSR count). The van der Waals surface area contributed by atoms with Crippen LogP contribution in [0.15, 0.2) is 30.1 Å². The van der Waals surface area contributed by atoms with E-state index < -0.39 is 5.91 Å². The van der Waals surface area contributed by atoms with Crippen LogP contribution in [0.3, 0.4) is 0 Å². The molecule has 7 heteroatoms. The first kappa shape index (κ1) is 19.5. The van der Waals surface area contributed by atoms with Crippen LogP contribution < -0.4 is 10.1 Å². The van der Waals surface area contributed by atoms with Crippen LogP contribution in [-0.4, -0.2) is 22.8 Å². The highest BCUT2D eigenvalue weighted by Gasteiger charge is 2.16. The third kappa shape index (κ3) is 4.44. The van der Waals surface area contributed by atoms with Crippen molar-refractivity contribution in [2.45, 2.75) is 33.2 Å². The summed E-state index contributed by atoms with van der Waals surface area (Å²) >= 11 is 6.07. The van der Waals surface area contributed by atoms with Crippen molar-refractivity contribution in [2.75, 3.05) is 12.4 Å². The van der Waals surface area contributed by atoms with Gasteiger partial charge in [-0.05, 0) is 45.4 Å². The Morgan fingerprint density at radius 1 is 1.42 bits per heavy atom. The summed E-state index contributed by atoms with van der Waals surface area (Å²) < 4.78 is 7.01. The van der Waals surface area contributed by atoms with E-state index in [2.05, 4.69) is 10.4 Å². The lowest BCUT2D eigenvalue weighted by Crippen LogP contribution is -2.21. The molecule has 1 amide bonds. The zero-order chi connectivity index (χ0) is 19.5. The number of aryl methyl sites for hydroxylation is 1. The lowest BCUT2D eigenvalue weighted by molar-refractivity contribution is -0.112. The fourth-order valence-corrected chi connectivity index (χ4v) is 2.37. The predicted molar refractivity (Wildman–Crippen MR) is 102 cm³/mol. The monoisotopic (exact) mass is 372 g/mol. The van der Waals surface area contributed by atoms with Gasteiger partial charge in [0.05, 0.1) is 24.5 Å². The Labute approximate surface area is 158 Å². The van der Waals surface area contributed by atoms with Crippen LogP contribution in [0.25, 0.3) is 6.08 Å². The summed E-state index contributed by atoms with van der Waals surface area (Å²) in [5.41, 5.74) is 1.69. The largest absolute Gasteiger partial charge is 0.495 e. The Balaban J connectivity index is 2.29. The smallest absolute Gasteiger partial charge is 0.266 e. The minimum absolute atomic E-state index is 0.0342. The van der Waals surface area contributed by atoms with Gasteiger partial charge >= 0.3 is 0 Å². The summed E-state index contributed by atoms with van der Waals surface area (Å²) in [5.74, 6) is -0.108. The fraction of sp³-hybridized carbons (Fsp3) is 0.316. The van der Waals surface area contributed by atoms with Gasteiger partial charge in [-0.3, -0.25) is 9.48 Å². The van der Waals surface area contributed by atoms with Crippen molar-refractivity contribution in [3.05, 3.63) is 46.2 Å². The molecule has 6 nitrogen and oxygen atoms in total. The van der Waals surface area contributed by atoms with Crippen LogP contribution in [0, 0.1) is 18.3 Å². The summed E-state index contributed by atoms with van der Waals surface area (Å²) in [5, 5.41) is 16.9. The molecule has 1 aromatic carbocycles. The van der Waals surface area contributed by atoms with E-state index in [-0.39, 0.29) is 11.1 Å². The number of hydrogen-bond acceptors (Lipinski definition) is 4. The number of rotatable bonds is 4. The van der Waals surface area contributed by atoms with E-state index in [1.165, 1.54) is 13.2 Å². The molecule has 1 N–H and O–H groups in total. The fourth-order valence-electron chi connectivity index (χ4n) is 2.21. The molecule has 0 bridgehead atoms. The molecule has 0 aliphatic rings. The maximum absolute atomic E-state index is 12.5. The van der Waals surface area contributed by atoms with Crippen molar-refractivity contribution in [3.63, 3.8) is 0 Å². The molecule has 1 heterocycles. The topological polar surface area (TPSA) is 79.9 Å². The highest BCUT2D eigenvalue weighted by molar-refractivity contribution is 6.31. The quantitative estimate of drug-likeness (QED) is 0.645. The number of benzene rings is 1. The molecule has 0 spiro atoms. The van der Waals surface area contributed by atoms with Crippen LogP contribution in [0.2, 0.25) is 5.02 Å². The Bertz CT molecular complexity index is 901. The predicted octanol–water partition coefficient (Wildman–Crippen LogP) is 4.15. The molecule has 0 radical (unpaired) electrons. The number of ether oxygens (including phenoxy) is 1. The van der Waals surface area contributed by atoms with Gasteiger partial charge in [-0.1, -0.05) is 11.6 Å². The number of anilines is 1. The number of methoxy groups -OCH3 is 1. The number of carbonyl (C=O) groups excluding carboxylic acids is 1. The first-order valence-electron chi connectivity index (χ1n) is 7.98. The van der Waals surface area contributed by atoms with E-state index in [1.807, 2.05) is 33.8 Å². The number of amides is 1. The molecule has 136 valence electrons. The molecule has 0 unspecified atom stereocenters. The van der Waals surface area contributed by atoms with Crippen LogP contribution in [0.5, 0.6) is 5.75 Å². The van der Waals surface area contributed by atoms with Gasteiger partial charge in [0.25, 0.3) is 5.91 Å². The molecular formula is C19H21ClN4O2. The van der Waals surface area contributed by atoms with Crippen LogP contribution in [0.1, 0.15) is 31.9 Å². The SMILES string of the molecule is COc1cc(Cl)c(C)cc1NC(=O)/C(C#N)=C/c1cnn(C(C)(C)C)c1. The molecule has 0 aliphatic heterocycles. The Kier molecular flexibility index (Phi) is 5.73. The highest BCUT2D eigenvalue weighted by Crippen LogP contribution is 2.31. The molecule has 0 atom stereocenters. The van der Waals surface area contributed by atoms with Gasteiger partial charge in [-0.25, -0.2) is 0 Å². The van der Waals surface area contributed by atoms with Gasteiger partial charge in [-0.2, -0.15) is 10.4 Å². The molecule has 2 aromatic rings. The van der Waals surface area contributed by atoms with Gasteiger partial charge in [0.1, 0.15) is 17.4 Å². The van der Waals surface area contributed by atoms with Crippen molar-refractivity contribution in [2.24, 2.45) is 0 Å². The summed E-state index contributed by atoms with van der Waals surface area (Å²) in [7, 11) is 1.48. The molecule has 0 fully saturated rings. The molecule has 1 aromatic heterocycles. The van der Waals surface area contributed by atoms with Crippen molar-refractivity contribution in [1.82, 2.24) is 9.78 Å². The third-order valence-corrected chi connectivity index (χ3v) is 4.10. The van der Waals surface area contributed by atoms with Crippen molar-refractivity contribution in [3.8, 4) is 11.8 Å². The highest BCUT2D eigenvalue weighted by atomic mass is 35.5. The Morgan fingerprint density at radius 3 is 2.65 bits per heavy atom. The first-order valence-corrected chi connectivity index (χ1v) is 8.36. The summed E-state index contributed by atoms with van der Waals surface area (Å²) in [6.07, 6.45) is 4.90. The van der Waals surface area contributed by atoms with E-state index >= 15 is 0 Å². The Hall–Kier alpha value is -2.78. The first-order chi connectivity index (χ1) is 12.2. The van der Waals surface area contributed by atoms with Crippen molar-refractivity contribution < 1.29 is 9.53 Å². The van der Waals surface area contributed by atoms with Gasteiger partial charge in [-0.15, -0.1) is 0 Å². The van der Waals surface area contributed by atoms with Gasteiger partial charge < -0.3 is 10.1 Å². The lowest BCUT2D eigenvalue weighted by atomic mass is 10.1. The number of halogens is 1. The van der Waals surface area contributed by atoms with Crippen molar-refractivity contribution >= 4 is 29.3 Å². The van der Waals surface area contributed by atoms with Crippen LogP contribution in [0.4, 0.5) is 5.69 Å². The van der Waals surface area contributed by atoms with E-state index in [0.29, 0.717) is 22.0 Å². The third-order valence-electron chi connectivity index (χ3n) is 3.69. The number of hydrogen-bond donors (Lipinski definition) is 1. The van der Waals surface area contributed by atoms with E-state index in [4.69, 9.17) is 16.3 Å². The molecule has 0 saturated heterocycles. The second-order valence-corrected chi connectivity index (χ2v) is 7.22. The zero-order valence-electron chi connectivity index (χ0n) is 15.4. The zero-order valence-corrected chi connectivity index (χ0v) is 16.2. The maximum atomic E-state index is 12.5. The van der Waals surface area contributed by atoms with E-state index in [1.54, 1.807) is 29.2 Å².